The number of rotatable bonds is 2. The van der Waals surface area contributed by atoms with Crippen molar-refractivity contribution < 1.29 is 19.4 Å². The maximum absolute atomic E-state index is 12.0. The molecule has 1 aromatic carbocycles. The molecule has 1 aromatic rings. The first kappa shape index (κ1) is 15.3. The quantitative estimate of drug-likeness (QED) is 0.831. The van der Waals surface area contributed by atoms with E-state index in [4.69, 9.17) is 9.47 Å². The Bertz CT molecular complexity index is 645. The molecule has 23 heavy (non-hydrogen) atoms. The predicted molar refractivity (Wildman–Crippen MR) is 89.2 cm³/mol. The largest absolute Gasteiger partial charge is 0.489 e. The number of hydrogen-bond acceptors (Lipinski definition) is 3. The number of aliphatic carboxylic acids is 1. The summed E-state index contributed by atoms with van der Waals surface area (Å²) in [6, 6.07) is 3.83. The molecule has 0 bridgehead atoms. The van der Waals surface area contributed by atoms with Crippen molar-refractivity contribution in [1.82, 2.24) is 0 Å². The number of ether oxygens (including phenoxy) is 2. The van der Waals surface area contributed by atoms with Crippen LogP contribution < -0.4 is 9.47 Å². The maximum atomic E-state index is 12.0. The van der Waals surface area contributed by atoms with Crippen LogP contribution in [-0.4, -0.2) is 24.3 Å². The highest BCUT2D eigenvalue weighted by Gasteiger charge is 2.47. The topological polar surface area (TPSA) is 55.8 Å². The molecular formula is C18H21BrO4. The van der Waals surface area contributed by atoms with Crippen LogP contribution >= 0.6 is 15.9 Å². The normalized spacial score (nSPS) is 24.0. The Morgan fingerprint density at radius 2 is 1.74 bits per heavy atom. The minimum Gasteiger partial charge on any atom is -0.489 e. The van der Waals surface area contributed by atoms with Crippen LogP contribution in [0.1, 0.15) is 50.5 Å². The molecule has 124 valence electrons. The zero-order chi connectivity index (χ0) is 16.1. The van der Waals surface area contributed by atoms with E-state index in [0.717, 1.165) is 42.1 Å². The summed E-state index contributed by atoms with van der Waals surface area (Å²) in [5.41, 5.74) is 0.224. The molecule has 0 aromatic heterocycles. The molecule has 1 spiro atoms. The number of benzene rings is 1. The van der Waals surface area contributed by atoms with Gasteiger partial charge in [-0.1, -0.05) is 19.3 Å². The van der Waals surface area contributed by atoms with Crippen LogP contribution in [0.15, 0.2) is 16.6 Å². The fourth-order valence-electron chi connectivity index (χ4n) is 3.84. The monoisotopic (exact) mass is 380 g/mol. The zero-order valence-corrected chi connectivity index (χ0v) is 14.7. The number of carbonyl (C=O) groups is 1. The summed E-state index contributed by atoms with van der Waals surface area (Å²) in [6.45, 7) is 1.35. The van der Waals surface area contributed by atoms with Crippen molar-refractivity contribution in [2.45, 2.75) is 50.4 Å². The standard InChI is InChI=1S/C18H21BrO4/c19-13-8-12(18(16(20)21)4-2-1-3-5-18)9-14-15(13)23-11-17(6-7-17)10-22-14/h8-9H,1-7,10-11H2,(H,20,21). The average Bonchev–Trinajstić information content (AvgIpc) is 3.35. The van der Waals surface area contributed by atoms with Gasteiger partial charge < -0.3 is 14.6 Å². The molecule has 2 aliphatic carbocycles. The zero-order valence-electron chi connectivity index (χ0n) is 13.1. The molecule has 4 rings (SSSR count). The Labute approximate surface area is 144 Å². The summed E-state index contributed by atoms with van der Waals surface area (Å²) in [7, 11) is 0. The fourth-order valence-corrected chi connectivity index (χ4v) is 4.39. The van der Waals surface area contributed by atoms with Crippen molar-refractivity contribution in [3.05, 3.63) is 22.2 Å². The van der Waals surface area contributed by atoms with Gasteiger partial charge in [0.2, 0.25) is 0 Å². The number of hydrogen-bond donors (Lipinski definition) is 1. The first-order chi connectivity index (χ1) is 11.0. The van der Waals surface area contributed by atoms with Gasteiger partial charge in [0.25, 0.3) is 0 Å². The maximum Gasteiger partial charge on any atom is 0.314 e. The van der Waals surface area contributed by atoms with E-state index in [2.05, 4.69) is 15.9 Å². The van der Waals surface area contributed by atoms with Gasteiger partial charge in [0.1, 0.15) is 0 Å². The molecule has 1 N–H and O–H groups in total. The lowest BCUT2D eigenvalue weighted by molar-refractivity contribution is -0.145. The van der Waals surface area contributed by atoms with E-state index in [1.807, 2.05) is 12.1 Å². The second kappa shape index (κ2) is 5.40. The summed E-state index contributed by atoms with van der Waals surface area (Å²) >= 11 is 3.57. The lowest BCUT2D eigenvalue weighted by Gasteiger charge is -2.34. The SMILES string of the molecule is O=C(O)C1(c2cc(Br)c3c(c2)OCC2(CC2)CO3)CCCCC1. The van der Waals surface area contributed by atoms with Crippen LogP contribution in [0.5, 0.6) is 11.5 Å². The van der Waals surface area contributed by atoms with Crippen LogP contribution in [0, 0.1) is 5.41 Å². The summed E-state index contributed by atoms with van der Waals surface area (Å²) in [5.74, 6) is 0.676. The lowest BCUT2D eigenvalue weighted by atomic mass is 9.69. The van der Waals surface area contributed by atoms with Gasteiger partial charge in [-0.25, -0.2) is 0 Å². The first-order valence-electron chi connectivity index (χ1n) is 8.38. The molecular weight excluding hydrogens is 360 g/mol. The lowest BCUT2D eigenvalue weighted by Crippen LogP contribution is -2.37. The second-order valence-corrected chi connectivity index (χ2v) is 8.16. The fraction of sp³-hybridized carbons (Fsp3) is 0.611. The smallest absolute Gasteiger partial charge is 0.314 e. The van der Waals surface area contributed by atoms with E-state index < -0.39 is 11.4 Å². The first-order valence-corrected chi connectivity index (χ1v) is 9.17. The summed E-state index contributed by atoms with van der Waals surface area (Å²) in [6.07, 6.45) is 6.71. The molecule has 0 amide bonds. The van der Waals surface area contributed by atoms with Crippen molar-refractivity contribution in [3.63, 3.8) is 0 Å². The third-order valence-corrected chi connectivity index (χ3v) is 6.28. The molecule has 0 radical (unpaired) electrons. The summed E-state index contributed by atoms with van der Waals surface area (Å²) in [4.78, 5) is 12.0. The van der Waals surface area contributed by atoms with Gasteiger partial charge in [0, 0.05) is 5.41 Å². The molecule has 2 saturated carbocycles. The van der Waals surface area contributed by atoms with Crippen LogP contribution in [0.4, 0.5) is 0 Å². The highest BCUT2D eigenvalue weighted by atomic mass is 79.9. The van der Waals surface area contributed by atoms with E-state index in [0.29, 0.717) is 37.6 Å². The Balaban J connectivity index is 1.74. The molecule has 3 aliphatic rings. The van der Waals surface area contributed by atoms with Crippen molar-refractivity contribution in [1.29, 1.82) is 0 Å². The van der Waals surface area contributed by atoms with Gasteiger partial charge in [-0.3, -0.25) is 4.79 Å². The Morgan fingerprint density at radius 1 is 1.04 bits per heavy atom. The molecule has 1 aliphatic heterocycles. The molecule has 4 nitrogen and oxygen atoms in total. The van der Waals surface area contributed by atoms with Crippen LogP contribution in [0.3, 0.4) is 0 Å². The predicted octanol–water partition coefficient (Wildman–Crippen LogP) is 4.29. The van der Waals surface area contributed by atoms with Gasteiger partial charge in [-0.15, -0.1) is 0 Å². The van der Waals surface area contributed by atoms with Crippen molar-refractivity contribution in [2.24, 2.45) is 5.41 Å². The molecule has 0 atom stereocenters. The molecule has 1 heterocycles. The number of carboxylic acids is 1. The van der Waals surface area contributed by atoms with E-state index in [1.54, 1.807) is 0 Å². The highest BCUT2D eigenvalue weighted by Crippen LogP contribution is 2.52. The number of halogens is 1. The summed E-state index contributed by atoms with van der Waals surface area (Å²) in [5, 5.41) is 9.90. The molecule has 5 heteroatoms. The van der Waals surface area contributed by atoms with Crippen LogP contribution in [0.2, 0.25) is 0 Å². The molecule has 0 saturated heterocycles. The van der Waals surface area contributed by atoms with E-state index in [-0.39, 0.29) is 5.41 Å². The Hall–Kier alpha value is -1.23. The van der Waals surface area contributed by atoms with Crippen molar-refractivity contribution in [3.8, 4) is 11.5 Å². The van der Waals surface area contributed by atoms with E-state index in [1.165, 1.54) is 0 Å². The second-order valence-electron chi connectivity index (χ2n) is 7.31. The van der Waals surface area contributed by atoms with Crippen LogP contribution in [0.25, 0.3) is 0 Å². The van der Waals surface area contributed by atoms with E-state index >= 15 is 0 Å². The Kier molecular flexibility index (Phi) is 3.59. The van der Waals surface area contributed by atoms with Gasteiger partial charge in [-0.2, -0.15) is 0 Å². The van der Waals surface area contributed by atoms with Gasteiger partial charge in [0.15, 0.2) is 11.5 Å². The van der Waals surface area contributed by atoms with Crippen molar-refractivity contribution >= 4 is 21.9 Å². The third kappa shape index (κ3) is 2.53. The van der Waals surface area contributed by atoms with Gasteiger partial charge in [0.05, 0.1) is 23.1 Å². The average molecular weight is 381 g/mol. The van der Waals surface area contributed by atoms with E-state index in [9.17, 15) is 9.90 Å². The van der Waals surface area contributed by atoms with Crippen LogP contribution in [-0.2, 0) is 10.2 Å². The van der Waals surface area contributed by atoms with Crippen molar-refractivity contribution in [2.75, 3.05) is 13.2 Å². The van der Waals surface area contributed by atoms with Gasteiger partial charge in [-0.05, 0) is 59.3 Å². The number of carboxylic acid groups (broad SMARTS) is 1. The minimum absolute atomic E-state index is 0.175. The summed E-state index contributed by atoms with van der Waals surface area (Å²) < 4.78 is 12.8. The molecule has 0 unspecified atom stereocenters. The van der Waals surface area contributed by atoms with Gasteiger partial charge >= 0.3 is 5.97 Å². The minimum atomic E-state index is -0.789. The highest BCUT2D eigenvalue weighted by molar-refractivity contribution is 9.10. The Morgan fingerprint density at radius 3 is 2.39 bits per heavy atom. The number of fused-ring (bicyclic) bond motifs is 1. The molecule has 2 fully saturated rings. The third-order valence-electron chi connectivity index (χ3n) is 5.69.